The maximum atomic E-state index is 11.5. The molecule has 4 saturated carbocycles. The molecule has 0 aromatic heterocycles. The van der Waals surface area contributed by atoms with Gasteiger partial charge in [-0.05, 0) is 113 Å². The second-order valence-electron chi connectivity index (χ2n) is 13.4. The van der Waals surface area contributed by atoms with Crippen LogP contribution in [-0.4, -0.2) is 26.0 Å². The van der Waals surface area contributed by atoms with Gasteiger partial charge in [0.2, 0.25) is 0 Å². The highest BCUT2D eigenvalue weighted by molar-refractivity contribution is 5.89. The summed E-state index contributed by atoms with van der Waals surface area (Å²) in [5.74, 6) is 5.41. The highest BCUT2D eigenvalue weighted by Gasteiger charge is 2.44. The zero-order valence-corrected chi connectivity index (χ0v) is 25.5. The Morgan fingerprint density at radius 2 is 1.33 bits per heavy atom. The second-order valence-corrected chi connectivity index (χ2v) is 13.4. The predicted octanol–water partition coefficient (Wildman–Crippen LogP) is 8.44. The van der Waals surface area contributed by atoms with Crippen molar-refractivity contribution < 1.29 is 19.1 Å². The van der Waals surface area contributed by atoms with Gasteiger partial charge in [0.15, 0.2) is 0 Å². The maximum Gasteiger partial charge on any atom is 0.337 e. The van der Waals surface area contributed by atoms with Crippen LogP contribution < -0.4 is 0 Å². The van der Waals surface area contributed by atoms with Gasteiger partial charge in [-0.25, -0.2) is 4.79 Å². The molecular weight excluding hydrogens is 520 g/mol. The Balaban J connectivity index is 0.000000122. The van der Waals surface area contributed by atoms with Crippen molar-refractivity contribution in [2.45, 2.75) is 65.2 Å². The molecule has 2 aromatic carbocycles. The predicted molar refractivity (Wildman–Crippen MR) is 167 cm³/mol. The molecule has 0 heterocycles. The van der Waals surface area contributed by atoms with Crippen molar-refractivity contribution in [2.24, 2.45) is 35.5 Å². The van der Waals surface area contributed by atoms with Crippen LogP contribution in [0.4, 0.5) is 0 Å². The number of carbonyl (C=O) groups excluding carboxylic acids is 2. The molecule has 8 aliphatic carbocycles. The summed E-state index contributed by atoms with van der Waals surface area (Å²) in [4.78, 5) is 22.5. The number of aryl methyl sites for hydroxylation is 2. The minimum Gasteiger partial charge on any atom is -0.496 e. The van der Waals surface area contributed by atoms with Crippen molar-refractivity contribution in [3.05, 3.63) is 99.7 Å². The molecule has 8 aliphatic rings. The SMILES string of the molecule is COC(=C1C2CC3=CC(C2)CC1C3)c1cccc(C)c1.COC(=O)c1cccc(C)c1.O=C1C2C=C3CC(C2)CC1C3. The lowest BCUT2D eigenvalue weighted by atomic mass is 9.58. The summed E-state index contributed by atoms with van der Waals surface area (Å²) in [5.41, 5.74) is 9.16. The number of hydrogen-bond acceptors (Lipinski definition) is 4. The van der Waals surface area contributed by atoms with Gasteiger partial charge < -0.3 is 9.47 Å². The van der Waals surface area contributed by atoms with E-state index < -0.39 is 0 Å². The molecule has 0 spiro atoms. The Morgan fingerprint density at radius 3 is 1.90 bits per heavy atom. The Labute approximate surface area is 250 Å². The molecule has 42 heavy (non-hydrogen) atoms. The third-order valence-electron chi connectivity index (χ3n) is 10.2. The van der Waals surface area contributed by atoms with E-state index in [-0.39, 0.29) is 5.97 Å². The van der Waals surface area contributed by atoms with E-state index in [0.29, 0.717) is 23.2 Å². The molecule has 0 amide bonds. The number of esters is 1. The Bertz CT molecular complexity index is 1440. The highest BCUT2D eigenvalue weighted by Crippen LogP contribution is 2.55. The number of allylic oxidation sites excluding steroid dienone is 5. The van der Waals surface area contributed by atoms with Crippen LogP contribution in [0.25, 0.3) is 5.76 Å². The normalized spacial score (nSPS) is 29.0. The molecule has 0 radical (unpaired) electrons. The molecule has 2 aromatic rings. The first-order valence-corrected chi connectivity index (χ1v) is 15.7. The molecule has 220 valence electrons. The number of benzene rings is 2. The average molecular weight is 565 g/mol. The number of Topliss-reactive ketones (excluding diaryl/α,β-unsaturated/α-hetero) is 1. The lowest BCUT2D eigenvalue weighted by Gasteiger charge is -2.47. The van der Waals surface area contributed by atoms with Gasteiger partial charge in [-0.15, -0.1) is 0 Å². The van der Waals surface area contributed by atoms with E-state index in [4.69, 9.17) is 4.74 Å². The van der Waals surface area contributed by atoms with E-state index in [2.05, 4.69) is 48.1 Å². The summed E-state index contributed by atoms with van der Waals surface area (Å²) in [6.45, 7) is 4.09. The van der Waals surface area contributed by atoms with Gasteiger partial charge in [0.1, 0.15) is 11.5 Å². The maximum absolute atomic E-state index is 11.5. The summed E-state index contributed by atoms with van der Waals surface area (Å²) in [7, 11) is 3.22. The topological polar surface area (TPSA) is 52.6 Å². The molecule has 10 rings (SSSR count). The Hall–Kier alpha value is -3.40. The summed E-state index contributed by atoms with van der Waals surface area (Å²) in [6.07, 6.45) is 14.8. The summed E-state index contributed by atoms with van der Waals surface area (Å²) < 4.78 is 10.4. The summed E-state index contributed by atoms with van der Waals surface area (Å²) in [5, 5.41) is 0. The molecule has 5 unspecified atom stereocenters. The van der Waals surface area contributed by atoms with E-state index >= 15 is 0 Å². The van der Waals surface area contributed by atoms with Crippen molar-refractivity contribution in [1.29, 1.82) is 0 Å². The first-order valence-electron chi connectivity index (χ1n) is 15.7. The van der Waals surface area contributed by atoms with Gasteiger partial charge in [0.05, 0.1) is 19.8 Å². The number of carbonyl (C=O) groups is 2. The van der Waals surface area contributed by atoms with Crippen LogP contribution in [0.5, 0.6) is 0 Å². The van der Waals surface area contributed by atoms with E-state index in [9.17, 15) is 9.59 Å². The molecule has 0 aliphatic heterocycles. The van der Waals surface area contributed by atoms with Gasteiger partial charge in [-0.2, -0.15) is 0 Å². The lowest BCUT2D eigenvalue weighted by Crippen LogP contribution is -2.39. The standard InChI is InChI=1S/C19H22O.C10H12O.C9H10O2/c1-12-4-3-5-15(6-12)19(20-2)18-16-8-13-7-14(10-16)11-17(18)9-13;11-10-8-2-6-1-7(4-8)5-9(10)3-6;1-7-4-3-5-8(6-7)9(10)11-2/h3-7,13,16-17H,8-11H2,1-2H3;2,7-9H,1,3-5H2;3-6H,1-2H3. The smallest absolute Gasteiger partial charge is 0.337 e. The van der Waals surface area contributed by atoms with Gasteiger partial charge in [-0.3, -0.25) is 4.79 Å². The summed E-state index contributed by atoms with van der Waals surface area (Å²) in [6, 6.07) is 16.1. The molecule has 4 heteroatoms. The highest BCUT2D eigenvalue weighted by atomic mass is 16.5. The molecule has 0 saturated heterocycles. The van der Waals surface area contributed by atoms with Gasteiger partial charge >= 0.3 is 5.97 Å². The molecule has 4 fully saturated rings. The molecule has 0 N–H and O–H groups in total. The van der Waals surface area contributed by atoms with Gasteiger partial charge in [0, 0.05) is 17.4 Å². The van der Waals surface area contributed by atoms with E-state index in [1.54, 1.807) is 28.9 Å². The van der Waals surface area contributed by atoms with Crippen molar-refractivity contribution in [3.8, 4) is 0 Å². The third-order valence-corrected chi connectivity index (χ3v) is 10.2. The van der Waals surface area contributed by atoms with Crippen molar-refractivity contribution in [2.75, 3.05) is 14.2 Å². The van der Waals surface area contributed by atoms with Gasteiger partial charge in [0.25, 0.3) is 0 Å². The van der Waals surface area contributed by atoms with Crippen molar-refractivity contribution >= 4 is 17.5 Å². The monoisotopic (exact) mass is 564 g/mol. The fourth-order valence-electron chi connectivity index (χ4n) is 8.66. The summed E-state index contributed by atoms with van der Waals surface area (Å²) >= 11 is 0. The minimum absolute atomic E-state index is 0.284. The van der Waals surface area contributed by atoms with Crippen LogP contribution in [0, 0.1) is 49.4 Å². The Morgan fingerprint density at radius 1 is 0.714 bits per heavy atom. The fourth-order valence-corrected chi connectivity index (χ4v) is 8.66. The van der Waals surface area contributed by atoms with Crippen LogP contribution in [0.3, 0.4) is 0 Å². The number of rotatable bonds is 3. The Kier molecular flexibility index (Phi) is 8.25. The number of hydrogen-bond donors (Lipinski definition) is 0. The van der Waals surface area contributed by atoms with E-state index in [1.807, 2.05) is 26.2 Å². The molecular formula is C38H44O4. The van der Waals surface area contributed by atoms with Crippen LogP contribution in [-0.2, 0) is 14.3 Å². The third kappa shape index (κ3) is 5.91. The second kappa shape index (κ2) is 12.1. The first-order chi connectivity index (χ1) is 20.3. The van der Waals surface area contributed by atoms with Crippen LogP contribution in [0.2, 0.25) is 0 Å². The van der Waals surface area contributed by atoms with Crippen LogP contribution in [0.15, 0.2) is 77.4 Å². The molecule has 4 nitrogen and oxygen atoms in total. The zero-order valence-electron chi connectivity index (χ0n) is 25.5. The number of methoxy groups -OCH3 is 2. The largest absolute Gasteiger partial charge is 0.496 e. The number of ether oxygens (including phenoxy) is 2. The van der Waals surface area contributed by atoms with Crippen molar-refractivity contribution in [3.63, 3.8) is 0 Å². The van der Waals surface area contributed by atoms with Crippen LogP contribution in [0.1, 0.15) is 78.4 Å². The number of ketones is 1. The quantitative estimate of drug-likeness (QED) is 0.213. The molecule has 5 atom stereocenters. The first kappa shape index (κ1) is 28.7. The zero-order chi connectivity index (χ0) is 29.4. The van der Waals surface area contributed by atoms with E-state index in [0.717, 1.165) is 35.7 Å². The average Bonchev–Trinajstić information content (AvgIpc) is 2.97. The fraction of sp³-hybridized carbons (Fsp3) is 0.474. The van der Waals surface area contributed by atoms with Crippen molar-refractivity contribution in [1.82, 2.24) is 0 Å². The van der Waals surface area contributed by atoms with Gasteiger partial charge in [-0.1, -0.05) is 64.8 Å². The van der Waals surface area contributed by atoms with Crippen LogP contribution >= 0.6 is 0 Å². The molecule has 8 bridgehead atoms. The lowest BCUT2D eigenvalue weighted by molar-refractivity contribution is -0.130. The minimum atomic E-state index is -0.284. The van der Waals surface area contributed by atoms with E-state index in [1.165, 1.54) is 68.9 Å².